The molecule has 4 nitrogen and oxygen atoms in total. The number of ether oxygens (including phenoxy) is 1. The third-order valence-electron chi connectivity index (χ3n) is 2.21. The Morgan fingerprint density at radius 1 is 1.56 bits per heavy atom. The quantitative estimate of drug-likeness (QED) is 0.690. The van der Waals surface area contributed by atoms with Gasteiger partial charge in [0.2, 0.25) is 0 Å². The van der Waals surface area contributed by atoms with E-state index in [1.807, 2.05) is 24.3 Å². The minimum atomic E-state index is -0.551. The highest BCUT2D eigenvalue weighted by molar-refractivity contribution is 9.11. The Morgan fingerprint density at radius 2 is 2.33 bits per heavy atom. The SMILES string of the molecule is CCOC(=O)N/N=C/c1c(Br)sc2ccccc12. The summed E-state index contributed by atoms with van der Waals surface area (Å²) < 4.78 is 6.86. The standard InChI is InChI=1S/C12H11BrN2O2S/c1-2-17-12(16)15-14-7-9-8-5-3-4-6-10(8)18-11(9)13/h3-7H,2H2,1H3,(H,15,16)/b14-7+. The van der Waals surface area contributed by atoms with Crippen LogP contribution in [0.2, 0.25) is 0 Å². The molecule has 0 saturated heterocycles. The third-order valence-corrected chi connectivity index (χ3v) is 4.10. The third kappa shape index (κ3) is 2.88. The number of rotatable bonds is 3. The Morgan fingerprint density at radius 3 is 3.11 bits per heavy atom. The van der Waals surface area contributed by atoms with Gasteiger partial charge in [0, 0.05) is 15.6 Å². The first-order valence-electron chi connectivity index (χ1n) is 5.35. The Balaban J connectivity index is 2.18. The second kappa shape index (κ2) is 5.97. The number of hydrogen-bond acceptors (Lipinski definition) is 4. The molecule has 1 aromatic heterocycles. The average molecular weight is 327 g/mol. The van der Waals surface area contributed by atoms with Crippen LogP contribution in [0.15, 0.2) is 33.2 Å². The number of fused-ring (bicyclic) bond motifs is 1. The fourth-order valence-corrected chi connectivity index (χ4v) is 3.21. The van der Waals surface area contributed by atoms with Gasteiger partial charge in [-0.2, -0.15) is 5.10 Å². The second-order valence-electron chi connectivity index (χ2n) is 3.38. The summed E-state index contributed by atoms with van der Waals surface area (Å²) in [4.78, 5) is 11.1. The first-order chi connectivity index (χ1) is 8.72. The van der Waals surface area contributed by atoms with Crippen molar-refractivity contribution in [3.63, 3.8) is 0 Å². The summed E-state index contributed by atoms with van der Waals surface area (Å²) in [5, 5.41) is 4.97. The van der Waals surface area contributed by atoms with Gasteiger partial charge >= 0.3 is 6.09 Å². The molecule has 1 amide bonds. The predicted octanol–water partition coefficient (Wildman–Crippen LogP) is 3.74. The van der Waals surface area contributed by atoms with E-state index >= 15 is 0 Å². The summed E-state index contributed by atoms with van der Waals surface area (Å²) >= 11 is 5.12. The summed E-state index contributed by atoms with van der Waals surface area (Å²) in [5.41, 5.74) is 3.26. The lowest BCUT2D eigenvalue weighted by atomic mass is 10.2. The summed E-state index contributed by atoms with van der Waals surface area (Å²) in [7, 11) is 0. The van der Waals surface area contributed by atoms with Crippen LogP contribution < -0.4 is 5.43 Å². The summed E-state index contributed by atoms with van der Waals surface area (Å²) in [6.07, 6.45) is 1.06. The maximum atomic E-state index is 11.1. The Bertz CT molecular complexity index is 595. The van der Waals surface area contributed by atoms with Crippen LogP contribution in [0.3, 0.4) is 0 Å². The van der Waals surface area contributed by atoms with Gasteiger partial charge < -0.3 is 4.74 Å². The number of benzene rings is 1. The topological polar surface area (TPSA) is 50.7 Å². The van der Waals surface area contributed by atoms with E-state index in [1.54, 1.807) is 24.5 Å². The average Bonchev–Trinajstić information content (AvgIpc) is 2.66. The number of carbonyl (C=O) groups excluding carboxylic acids is 1. The van der Waals surface area contributed by atoms with Crippen molar-refractivity contribution < 1.29 is 9.53 Å². The number of nitrogens with one attached hydrogen (secondary N) is 1. The van der Waals surface area contributed by atoms with Gasteiger partial charge in [-0.05, 0) is 28.9 Å². The van der Waals surface area contributed by atoms with Gasteiger partial charge in [0.15, 0.2) is 0 Å². The Kier molecular flexibility index (Phi) is 4.33. The molecule has 18 heavy (non-hydrogen) atoms. The van der Waals surface area contributed by atoms with Crippen LogP contribution >= 0.6 is 27.3 Å². The fraction of sp³-hybridized carbons (Fsp3) is 0.167. The number of halogens is 1. The molecule has 1 aromatic carbocycles. The van der Waals surface area contributed by atoms with Crippen molar-refractivity contribution in [3.05, 3.63) is 33.6 Å². The first-order valence-corrected chi connectivity index (χ1v) is 6.96. The predicted molar refractivity (Wildman–Crippen MR) is 77.3 cm³/mol. The van der Waals surface area contributed by atoms with Gasteiger partial charge in [-0.1, -0.05) is 18.2 Å². The largest absolute Gasteiger partial charge is 0.449 e. The molecule has 94 valence electrons. The van der Waals surface area contributed by atoms with E-state index in [4.69, 9.17) is 4.74 Å². The number of carbonyl (C=O) groups is 1. The van der Waals surface area contributed by atoms with Crippen LogP contribution in [-0.2, 0) is 4.74 Å². The van der Waals surface area contributed by atoms with Gasteiger partial charge in [0.25, 0.3) is 0 Å². The maximum absolute atomic E-state index is 11.1. The molecule has 6 heteroatoms. The van der Waals surface area contributed by atoms with Crippen LogP contribution in [0.25, 0.3) is 10.1 Å². The van der Waals surface area contributed by atoms with Crippen LogP contribution in [0.1, 0.15) is 12.5 Å². The van der Waals surface area contributed by atoms with Gasteiger partial charge in [0.05, 0.1) is 16.6 Å². The van der Waals surface area contributed by atoms with Crippen molar-refractivity contribution in [1.82, 2.24) is 5.43 Å². The molecule has 0 fully saturated rings. The number of nitrogens with zero attached hydrogens (tertiary/aromatic N) is 1. The van der Waals surface area contributed by atoms with E-state index in [9.17, 15) is 4.79 Å². The highest BCUT2D eigenvalue weighted by Gasteiger charge is 2.07. The zero-order valence-corrected chi connectivity index (χ0v) is 12.0. The van der Waals surface area contributed by atoms with Crippen molar-refractivity contribution in [2.45, 2.75) is 6.92 Å². The highest BCUT2D eigenvalue weighted by atomic mass is 79.9. The summed E-state index contributed by atoms with van der Waals surface area (Å²) in [6.45, 7) is 2.07. The van der Waals surface area contributed by atoms with Crippen LogP contribution in [0.4, 0.5) is 4.79 Å². The molecule has 0 radical (unpaired) electrons. The zero-order chi connectivity index (χ0) is 13.0. The van der Waals surface area contributed by atoms with Gasteiger partial charge in [-0.25, -0.2) is 10.2 Å². The van der Waals surface area contributed by atoms with E-state index in [0.717, 1.165) is 14.7 Å². The fourth-order valence-electron chi connectivity index (χ4n) is 1.47. The van der Waals surface area contributed by atoms with Crippen LogP contribution in [-0.4, -0.2) is 18.9 Å². The molecule has 0 spiro atoms. The van der Waals surface area contributed by atoms with Gasteiger partial charge in [0.1, 0.15) is 0 Å². The number of hydrazone groups is 1. The van der Waals surface area contributed by atoms with E-state index < -0.39 is 6.09 Å². The molecular formula is C12H11BrN2O2S. The van der Waals surface area contributed by atoms with E-state index in [0.29, 0.717) is 6.61 Å². The lowest BCUT2D eigenvalue weighted by Crippen LogP contribution is -2.18. The molecule has 1 heterocycles. The summed E-state index contributed by atoms with van der Waals surface area (Å²) in [5.74, 6) is 0. The smallest absolute Gasteiger partial charge is 0.427 e. The molecule has 0 aliphatic carbocycles. The van der Waals surface area contributed by atoms with Crippen molar-refractivity contribution >= 4 is 49.7 Å². The van der Waals surface area contributed by atoms with Crippen LogP contribution in [0.5, 0.6) is 0 Å². The van der Waals surface area contributed by atoms with E-state index in [-0.39, 0.29) is 0 Å². The Labute approximate surface area is 117 Å². The molecule has 0 bridgehead atoms. The minimum Gasteiger partial charge on any atom is -0.449 e. The van der Waals surface area contributed by atoms with Gasteiger partial charge in [-0.15, -0.1) is 11.3 Å². The molecule has 1 N–H and O–H groups in total. The van der Waals surface area contributed by atoms with Crippen molar-refractivity contribution in [1.29, 1.82) is 0 Å². The minimum absolute atomic E-state index is 0.326. The summed E-state index contributed by atoms with van der Waals surface area (Å²) in [6, 6.07) is 8.02. The van der Waals surface area contributed by atoms with E-state index in [2.05, 4.69) is 26.5 Å². The second-order valence-corrected chi connectivity index (χ2v) is 5.75. The molecular weight excluding hydrogens is 316 g/mol. The van der Waals surface area contributed by atoms with Crippen molar-refractivity contribution in [2.24, 2.45) is 5.10 Å². The molecule has 0 aliphatic rings. The first kappa shape index (κ1) is 13.0. The lowest BCUT2D eigenvalue weighted by Gasteiger charge is -1.98. The van der Waals surface area contributed by atoms with Crippen molar-refractivity contribution in [3.8, 4) is 0 Å². The lowest BCUT2D eigenvalue weighted by molar-refractivity contribution is 0.152. The molecule has 0 atom stereocenters. The van der Waals surface area contributed by atoms with Gasteiger partial charge in [-0.3, -0.25) is 0 Å². The molecule has 0 unspecified atom stereocenters. The Hall–Kier alpha value is -1.40. The van der Waals surface area contributed by atoms with Crippen molar-refractivity contribution in [2.75, 3.05) is 6.61 Å². The molecule has 2 aromatic rings. The van der Waals surface area contributed by atoms with Crippen LogP contribution in [0, 0.1) is 0 Å². The zero-order valence-electron chi connectivity index (χ0n) is 9.64. The number of thiophene rings is 1. The maximum Gasteiger partial charge on any atom is 0.427 e. The molecule has 0 saturated carbocycles. The molecule has 2 rings (SSSR count). The number of amides is 1. The van der Waals surface area contributed by atoms with E-state index in [1.165, 1.54) is 4.70 Å². The highest BCUT2D eigenvalue weighted by Crippen LogP contribution is 2.33. The monoisotopic (exact) mass is 326 g/mol. The number of hydrogen-bond donors (Lipinski definition) is 1. The normalized spacial score (nSPS) is 11.0. The molecule has 0 aliphatic heterocycles.